The highest BCUT2D eigenvalue weighted by Crippen LogP contribution is 2.29. The Hall–Kier alpha value is -3.36. The monoisotopic (exact) mass is 486 g/mol. The molecule has 2 aromatic carbocycles. The Balaban J connectivity index is 1.62. The predicted octanol–water partition coefficient (Wildman–Crippen LogP) is 4.63. The molecule has 4 rings (SSSR count). The van der Waals surface area contributed by atoms with Gasteiger partial charge in [0.05, 0.1) is 18.6 Å². The van der Waals surface area contributed by atoms with Crippen LogP contribution in [0, 0.1) is 11.2 Å². The maximum absolute atomic E-state index is 14.0. The minimum absolute atomic E-state index is 0.133. The van der Waals surface area contributed by atoms with Crippen LogP contribution in [0.3, 0.4) is 0 Å². The van der Waals surface area contributed by atoms with Gasteiger partial charge in [0, 0.05) is 18.4 Å². The molecule has 9 heteroatoms. The summed E-state index contributed by atoms with van der Waals surface area (Å²) in [6.07, 6.45) is -0.0389. The van der Waals surface area contributed by atoms with Crippen molar-refractivity contribution in [2.75, 3.05) is 13.1 Å². The molecule has 1 atom stereocenters. The zero-order valence-electron chi connectivity index (χ0n) is 20.0. The molecule has 0 spiro atoms. The lowest BCUT2D eigenvalue weighted by atomic mass is 9.85. The molecule has 0 unspecified atom stereocenters. The van der Waals surface area contributed by atoms with Crippen molar-refractivity contribution in [1.82, 2.24) is 20.0 Å². The number of alkyl halides is 2. The molecule has 1 saturated heterocycles. The lowest BCUT2D eigenvalue weighted by Gasteiger charge is -2.38. The molecule has 0 bridgehead atoms. The van der Waals surface area contributed by atoms with Gasteiger partial charge in [-0.2, -0.15) is 5.10 Å². The van der Waals surface area contributed by atoms with E-state index in [-0.39, 0.29) is 30.9 Å². The third-order valence-electron chi connectivity index (χ3n) is 6.21. The lowest BCUT2D eigenvalue weighted by molar-refractivity contribution is -0.146. The zero-order chi connectivity index (χ0) is 25.4. The van der Waals surface area contributed by atoms with Crippen molar-refractivity contribution in [2.24, 2.45) is 5.41 Å². The first-order chi connectivity index (χ1) is 16.4. The van der Waals surface area contributed by atoms with Gasteiger partial charge in [-0.05, 0) is 35.6 Å². The molecule has 1 aromatic heterocycles. The molecular weight excluding hydrogens is 457 g/mol. The zero-order valence-corrected chi connectivity index (χ0v) is 20.0. The second kappa shape index (κ2) is 9.36. The minimum atomic E-state index is -2.93. The van der Waals surface area contributed by atoms with Crippen LogP contribution in [0.4, 0.5) is 13.2 Å². The van der Waals surface area contributed by atoms with E-state index in [2.05, 4.69) is 10.4 Å². The molecule has 2 heterocycles. The SMILES string of the molecule is CC(C)(C)[C@H](NC(=O)c1nn(Cc2ccc(F)cc2)c2ccccc12)C(=O)N1CCCC(F)(F)C1. The van der Waals surface area contributed by atoms with Gasteiger partial charge < -0.3 is 10.2 Å². The smallest absolute Gasteiger partial charge is 0.273 e. The molecule has 0 aliphatic carbocycles. The number of aromatic nitrogens is 2. The highest BCUT2D eigenvalue weighted by atomic mass is 19.3. The molecule has 1 aliphatic heterocycles. The highest BCUT2D eigenvalue weighted by Gasteiger charge is 2.42. The van der Waals surface area contributed by atoms with E-state index in [1.54, 1.807) is 49.7 Å². The number of nitrogens with one attached hydrogen (secondary N) is 1. The summed E-state index contributed by atoms with van der Waals surface area (Å²) in [6.45, 7) is 5.24. The van der Waals surface area contributed by atoms with Crippen molar-refractivity contribution in [1.29, 1.82) is 0 Å². The predicted molar refractivity (Wildman–Crippen MR) is 127 cm³/mol. The highest BCUT2D eigenvalue weighted by molar-refractivity contribution is 6.06. The van der Waals surface area contributed by atoms with Crippen LogP contribution < -0.4 is 5.32 Å². The van der Waals surface area contributed by atoms with E-state index in [0.29, 0.717) is 17.4 Å². The van der Waals surface area contributed by atoms with E-state index in [0.717, 1.165) is 10.5 Å². The van der Waals surface area contributed by atoms with E-state index >= 15 is 0 Å². The average molecular weight is 487 g/mol. The first-order valence-electron chi connectivity index (χ1n) is 11.6. The van der Waals surface area contributed by atoms with E-state index in [4.69, 9.17) is 0 Å². The van der Waals surface area contributed by atoms with E-state index in [9.17, 15) is 22.8 Å². The summed E-state index contributed by atoms with van der Waals surface area (Å²) in [4.78, 5) is 27.8. The second-order valence-electron chi connectivity index (χ2n) is 10.1. The number of benzene rings is 2. The number of amides is 2. The maximum Gasteiger partial charge on any atom is 0.273 e. The quantitative estimate of drug-likeness (QED) is 0.572. The third-order valence-corrected chi connectivity index (χ3v) is 6.21. The van der Waals surface area contributed by atoms with E-state index < -0.39 is 35.7 Å². The van der Waals surface area contributed by atoms with Gasteiger partial charge in [-0.3, -0.25) is 14.3 Å². The fraction of sp³-hybridized carbons (Fsp3) is 0.423. The fourth-order valence-corrected chi connectivity index (χ4v) is 4.36. The van der Waals surface area contributed by atoms with Gasteiger partial charge >= 0.3 is 0 Å². The summed E-state index contributed by atoms with van der Waals surface area (Å²) in [5, 5.41) is 7.87. The second-order valence-corrected chi connectivity index (χ2v) is 10.1. The first kappa shape index (κ1) is 24.8. The van der Waals surface area contributed by atoms with Gasteiger partial charge in [0.25, 0.3) is 11.8 Å². The van der Waals surface area contributed by atoms with Gasteiger partial charge in [0.15, 0.2) is 5.69 Å². The molecule has 3 aromatic rings. The summed E-state index contributed by atoms with van der Waals surface area (Å²) in [7, 11) is 0. The van der Waals surface area contributed by atoms with E-state index in [1.165, 1.54) is 12.1 Å². The van der Waals surface area contributed by atoms with Crippen LogP contribution in [0.1, 0.15) is 49.7 Å². The van der Waals surface area contributed by atoms with Crippen LogP contribution in [0.5, 0.6) is 0 Å². The molecule has 1 N–H and O–H groups in total. The summed E-state index contributed by atoms with van der Waals surface area (Å²) in [5.41, 5.74) is 0.928. The van der Waals surface area contributed by atoms with E-state index in [1.807, 2.05) is 12.1 Å². The van der Waals surface area contributed by atoms with Crippen molar-refractivity contribution in [3.05, 3.63) is 65.6 Å². The molecule has 1 fully saturated rings. The van der Waals surface area contributed by atoms with Crippen LogP contribution in [0.15, 0.2) is 48.5 Å². The number of hydrogen-bond acceptors (Lipinski definition) is 3. The number of fused-ring (bicyclic) bond motifs is 1. The Morgan fingerprint density at radius 1 is 1.11 bits per heavy atom. The number of nitrogens with zero attached hydrogens (tertiary/aromatic N) is 3. The maximum atomic E-state index is 14.0. The number of carbonyl (C=O) groups is 2. The summed E-state index contributed by atoms with van der Waals surface area (Å²) < 4.78 is 42.9. The number of para-hydroxylation sites is 1. The molecule has 6 nitrogen and oxygen atoms in total. The van der Waals surface area contributed by atoms with Crippen molar-refractivity contribution >= 4 is 22.7 Å². The molecule has 1 aliphatic rings. The minimum Gasteiger partial charge on any atom is -0.338 e. The van der Waals surface area contributed by atoms with Crippen molar-refractivity contribution in [3.63, 3.8) is 0 Å². The first-order valence-corrected chi connectivity index (χ1v) is 11.6. The Morgan fingerprint density at radius 2 is 1.80 bits per heavy atom. The van der Waals surface area contributed by atoms with Crippen LogP contribution in [0.25, 0.3) is 10.9 Å². The standard InChI is InChI=1S/C26H29F3N4O2/c1-25(2,3)22(24(35)32-14-6-13-26(28,29)16-32)30-23(34)21-19-7-4-5-8-20(19)33(31-21)15-17-9-11-18(27)12-10-17/h4-5,7-12,22H,6,13-16H2,1-3H3,(H,30,34)/t22-/m1/s1. The largest absolute Gasteiger partial charge is 0.338 e. The topological polar surface area (TPSA) is 67.2 Å². The molecule has 2 amide bonds. The number of hydrogen-bond donors (Lipinski definition) is 1. The van der Waals surface area contributed by atoms with Crippen molar-refractivity contribution in [2.45, 2.75) is 52.1 Å². The summed E-state index contributed by atoms with van der Waals surface area (Å²) in [5.74, 6) is -4.37. The molecule has 35 heavy (non-hydrogen) atoms. The van der Waals surface area contributed by atoms with Crippen LogP contribution in [-0.2, 0) is 11.3 Å². The Kier molecular flexibility index (Phi) is 6.62. The van der Waals surface area contributed by atoms with Crippen molar-refractivity contribution in [3.8, 4) is 0 Å². The Morgan fingerprint density at radius 3 is 2.46 bits per heavy atom. The molecule has 0 saturated carbocycles. The Labute approximate surface area is 202 Å². The van der Waals surface area contributed by atoms with Gasteiger partial charge in [0.2, 0.25) is 5.91 Å². The average Bonchev–Trinajstić information content (AvgIpc) is 3.15. The number of piperidine rings is 1. The number of halogens is 3. The van der Waals surface area contributed by atoms with Gasteiger partial charge in [-0.1, -0.05) is 51.1 Å². The van der Waals surface area contributed by atoms with Crippen molar-refractivity contribution < 1.29 is 22.8 Å². The van der Waals surface area contributed by atoms with Crippen LogP contribution >= 0.6 is 0 Å². The molecular formula is C26H29F3N4O2. The molecule has 186 valence electrons. The summed E-state index contributed by atoms with van der Waals surface area (Å²) >= 11 is 0. The third kappa shape index (κ3) is 5.49. The number of carbonyl (C=O) groups excluding carboxylic acids is 2. The van der Waals surface area contributed by atoms with Gasteiger partial charge in [0.1, 0.15) is 11.9 Å². The number of rotatable bonds is 5. The Bertz CT molecular complexity index is 1230. The fourth-order valence-electron chi connectivity index (χ4n) is 4.36. The summed E-state index contributed by atoms with van der Waals surface area (Å²) in [6, 6.07) is 12.2. The van der Waals surface area contributed by atoms with Crippen LogP contribution in [-0.4, -0.2) is 51.5 Å². The molecule has 0 radical (unpaired) electrons. The van der Waals surface area contributed by atoms with Gasteiger partial charge in [-0.15, -0.1) is 0 Å². The number of likely N-dealkylation sites (tertiary alicyclic amines) is 1. The normalized spacial score (nSPS) is 16.8. The van der Waals surface area contributed by atoms with Gasteiger partial charge in [-0.25, -0.2) is 13.2 Å². The lowest BCUT2D eigenvalue weighted by Crippen LogP contribution is -2.57. The van der Waals surface area contributed by atoms with Crippen LogP contribution in [0.2, 0.25) is 0 Å².